The zero-order valence-electron chi connectivity index (χ0n) is 17.1. The molecular formula is C24H34N2O2+2. The van der Waals surface area contributed by atoms with Gasteiger partial charge in [-0.05, 0) is 49.4 Å². The van der Waals surface area contributed by atoms with Gasteiger partial charge < -0.3 is 19.3 Å². The molecule has 0 unspecified atom stereocenters. The number of hydrogen-bond donors (Lipinski definition) is 2. The van der Waals surface area contributed by atoms with Gasteiger partial charge in [0.1, 0.15) is 39.3 Å². The molecule has 1 heterocycles. The SMILES string of the molecule is COc1ccc(C[NH+]2CC[NH+](C3CCCC3)CC2)cc1OCc1ccccc1. The van der Waals surface area contributed by atoms with Crippen LogP contribution in [0.3, 0.4) is 0 Å². The highest BCUT2D eigenvalue weighted by atomic mass is 16.5. The summed E-state index contributed by atoms with van der Waals surface area (Å²) < 4.78 is 11.6. The second-order valence-electron chi connectivity index (χ2n) is 8.33. The highest BCUT2D eigenvalue weighted by Crippen LogP contribution is 2.28. The Kier molecular flexibility index (Phi) is 6.50. The van der Waals surface area contributed by atoms with Crippen LogP contribution >= 0.6 is 0 Å². The molecule has 28 heavy (non-hydrogen) atoms. The smallest absolute Gasteiger partial charge is 0.162 e. The number of methoxy groups -OCH3 is 1. The van der Waals surface area contributed by atoms with Gasteiger partial charge >= 0.3 is 0 Å². The standard InChI is InChI=1S/C24H32N2O2/c1-27-23-12-11-21(17-24(23)28-19-20-7-3-2-4-8-20)18-25-13-15-26(16-14-25)22-9-5-6-10-22/h2-4,7-8,11-12,17,22H,5-6,9-10,13-16,18-19H2,1H3/p+2. The Hall–Kier alpha value is -2.04. The lowest BCUT2D eigenvalue weighted by Gasteiger charge is -2.33. The Morgan fingerprint density at radius 1 is 0.857 bits per heavy atom. The van der Waals surface area contributed by atoms with Crippen molar-refractivity contribution in [3.05, 3.63) is 59.7 Å². The van der Waals surface area contributed by atoms with Crippen LogP contribution in [0.2, 0.25) is 0 Å². The van der Waals surface area contributed by atoms with E-state index < -0.39 is 0 Å². The van der Waals surface area contributed by atoms with Crippen molar-refractivity contribution in [1.29, 1.82) is 0 Å². The second-order valence-corrected chi connectivity index (χ2v) is 8.33. The van der Waals surface area contributed by atoms with E-state index >= 15 is 0 Å². The van der Waals surface area contributed by atoms with Crippen LogP contribution in [-0.4, -0.2) is 39.3 Å². The number of hydrogen-bond acceptors (Lipinski definition) is 2. The lowest BCUT2D eigenvalue weighted by molar-refractivity contribution is -1.03. The molecule has 1 aliphatic carbocycles. The van der Waals surface area contributed by atoms with Crippen LogP contribution in [-0.2, 0) is 13.2 Å². The molecule has 1 aliphatic heterocycles. The van der Waals surface area contributed by atoms with Gasteiger partial charge in [-0.2, -0.15) is 0 Å². The number of ether oxygens (including phenoxy) is 2. The van der Waals surface area contributed by atoms with E-state index in [1.807, 2.05) is 23.1 Å². The van der Waals surface area contributed by atoms with Crippen LogP contribution in [0.5, 0.6) is 11.5 Å². The normalized spacial score (nSPS) is 22.9. The summed E-state index contributed by atoms with van der Waals surface area (Å²) in [5, 5.41) is 0. The zero-order valence-corrected chi connectivity index (χ0v) is 17.1. The fraction of sp³-hybridized carbons (Fsp3) is 0.500. The van der Waals surface area contributed by atoms with Crippen molar-refractivity contribution >= 4 is 0 Å². The predicted molar refractivity (Wildman–Crippen MR) is 111 cm³/mol. The molecule has 2 aromatic carbocycles. The van der Waals surface area contributed by atoms with E-state index in [1.54, 1.807) is 12.0 Å². The van der Waals surface area contributed by atoms with E-state index in [1.165, 1.54) is 63.0 Å². The van der Waals surface area contributed by atoms with Crippen molar-refractivity contribution in [2.75, 3.05) is 33.3 Å². The fourth-order valence-corrected chi connectivity index (χ4v) is 4.81. The first-order chi connectivity index (χ1) is 13.8. The minimum absolute atomic E-state index is 0.566. The Morgan fingerprint density at radius 2 is 1.61 bits per heavy atom. The second kappa shape index (κ2) is 9.44. The number of benzene rings is 2. The largest absolute Gasteiger partial charge is 0.493 e. The maximum absolute atomic E-state index is 6.09. The summed E-state index contributed by atoms with van der Waals surface area (Å²) >= 11 is 0. The van der Waals surface area contributed by atoms with Gasteiger partial charge in [-0.25, -0.2) is 0 Å². The molecule has 150 valence electrons. The molecule has 2 aromatic rings. The minimum atomic E-state index is 0.566. The third-order valence-corrected chi connectivity index (χ3v) is 6.45. The molecule has 4 nitrogen and oxygen atoms in total. The zero-order chi connectivity index (χ0) is 19.2. The molecule has 0 spiro atoms. The van der Waals surface area contributed by atoms with Crippen molar-refractivity contribution in [3.63, 3.8) is 0 Å². The van der Waals surface area contributed by atoms with Gasteiger partial charge in [0.15, 0.2) is 11.5 Å². The summed E-state index contributed by atoms with van der Waals surface area (Å²) in [4.78, 5) is 3.56. The molecule has 0 amide bonds. The summed E-state index contributed by atoms with van der Waals surface area (Å²) in [6.07, 6.45) is 5.79. The molecule has 0 aromatic heterocycles. The van der Waals surface area contributed by atoms with Crippen molar-refractivity contribution in [1.82, 2.24) is 0 Å². The molecule has 1 saturated carbocycles. The van der Waals surface area contributed by atoms with Gasteiger partial charge in [0.05, 0.1) is 13.2 Å². The van der Waals surface area contributed by atoms with E-state index in [-0.39, 0.29) is 0 Å². The predicted octanol–water partition coefficient (Wildman–Crippen LogP) is 1.50. The maximum Gasteiger partial charge on any atom is 0.162 e. The molecule has 2 aliphatic rings. The molecular weight excluding hydrogens is 348 g/mol. The first-order valence-electron chi connectivity index (χ1n) is 10.8. The number of rotatable bonds is 7. The van der Waals surface area contributed by atoms with E-state index in [0.29, 0.717) is 6.61 Å². The van der Waals surface area contributed by atoms with Crippen LogP contribution in [0.15, 0.2) is 48.5 Å². The van der Waals surface area contributed by atoms with Gasteiger partial charge in [0, 0.05) is 5.56 Å². The van der Waals surface area contributed by atoms with E-state index in [0.717, 1.165) is 24.1 Å². The van der Waals surface area contributed by atoms with Crippen LogP contribution in [0.4, 0.5) is 0 Å². The Balaban J connectivity index is 1.34. The maximum atomic E-state index is 6.09. The lowest BCUT2D eigenvalue weighted by atomic mass is 10.1. The summed E-state index contributed by atoms with van der Waals surface area (Å²) in [7, 11) is 1.71. The molecule has 0 radical (unpaired) electrons. The topological polar surface area (TPSA) is 27.3 Å². The summed E-state index contributed by atoms with van der Waals surface area (Å²) in [5.74, 6) is 1.66. The average molecular weight is 383 g/mol. The third-order valence-electron chi connectivity index (χ3n) is 6.45. The molecule has 1 saturated heterocycles. The highest BCUT2D eigenvalue weighted by molar-refractivity contribution is 5.42. The fourth-order valence-electron chi connectivity index (χ4n) is 4.81. The molecule has 4 rings (SSSR count). The number of quaternary nitrogens is 2. The first-order valence-corrected chi connectivity index (χ1v) is 10.8. The summed E-state index contributed by atoms with van der Waals surface area (Å²) in [6, 6.07) is 17.7. The van der Waals surface area contributed by atoms with Gasteiger partial charge in [0.2, 0.25) is 0 Å². The third kappa shape index (κ3) is 4.86. The average Bonchev–Trinajstić information content (AvgIpc) is 3.29. The Morgan fingerprint density at radius 3 is 2.32 bits per heavy atom. The molecule has 4 heteroatoms. The van der Waals surface area contributed by atoms with Crippen molar-refractivity contribution in [2.45, 2.75) is 44.9 Å². The summed E-state index contributed by atoms with van der Waals surface area (Å²) in [6.45, 7) is 6.84. The Bertz CT molecular complexity index is 736. The first kappa shape index (κ1) is 19.3. The van der Waals surface area contributed by atoms with Crippen molar-refractivity contribution in [3.8, 4) is 11.5 Å². The quantitative estimate of drug-likeness (QED) is 0.760. The molecule has 2 N–H and O–H groups in total. The molecule has 2 fully saturated rings. The van der Waals surface area contributed by atoms with E-state index in [2.05, 4.69) is 30.3 Å². The van der Waals surface area contributed by atoms with E-state index in [4.69, 9.17) is 9.47 Å². The van der Waals surface area contributed by atoms with Crippen LogP contribution < -0.4 is 19.3 Å². The number of piperazine rings is 1. The van der Waals surface area contributed by atoms with Gasteiger partial charge in [-0.1, -0.05) is 30.3 Å². The van der Waals surface area contributed by atoms with E-state index in [9.17, 15) is 0 Å². The van der Waals surface area contributed by atoms with Gasteiger partial charge in [-0.3, -0.25) is 0 Å². The van der Waals surface area contributed by atoms with Crippen LogP contribution in [0, 0.1) is 0 Å². The van der Waals surface area contributed by atoms with Gasteiger partial charge in [-0.15, -0.1) is 0 Å². The summed E-state index contributed by atoms with van der Waals surface area (Å²) in [5.41, 5.74) is 2.51. The van der Waals surface area contributed by atoms with Crippen molar-refractivity contribution in [2.24, 2.45) is 0 Å². The minimum Gasteiger partial charge on any atom is -0.493 e. The van der Waals surface area contributed by atoms with Crippen LogP contribution in [0.1, 0.15) is 36.8 Å². The highest BCUT2D eigenvalue weighted by Gasteiger charge is 2.31. The molecule has 0 atom stereocenters. The monoisotopic (exact) mass is 382 g/mol. The molecule has 0 bridgehead atoms. The van der Waals surface area contributed by atoms with Crippen molar-refractivity contribution < 1.29 is 19.3 Å². The van der Waals surface area contributed by atoms with Gasteiger partial charge in [0.25, 0.3) is 0 Å². The van der Waals surface area contributed by atoms with Crippen LogP contribution in [0.25, 0.3) is 0 Å². The lowest BCUT2D eigenvalue weighted by Crippen LogP contribution is -3.29. The Labute approximate surface area is 169 Å². The number of nitrogens with one attached hydrogen (secondary N) is 2.